The summed E-state index contributed by atoms with van der Waals surface area (Å²) in [7, 11) is -2.81. The van der Waals surface area contributed by atoms with Gasteiger partial charge in [0.1, 0.15) is 0 Å². The number of hydrogen-bond donors (Lipinski definition) is 0. The van der Waals surface area contributed by atoms with E-state index in [1.54, 1.807) is 0 Å². The van der Waals surface area contributed by atoms with Gasteiger partial charge < -0.3 is 0 Å². The molecule has 0 fully saturated rings. The van der Waals surface area contributed by atoms with Crippen LogP contribution in [0.3, 0.4) is 0 Å². The van der Waals surface area contributed by atoms with Crippen LogP contribution >= 0.6 is 11.3 Å². The van der Waals surface area contributed by atoms with Gasteiger partial charge in [-0.05, 0) is 22.9 Å². The van der Waals surface area contributed by atoms with E-state index in [0.29, 0.717) is 0 Å². The monoisotopic (exact) mass is 582 g/mol. The third kappa shape index (κ3) is 4.62. The van der Waals surface area contributed by atoms with E-state index in [1.807, 2.05) is 23.7 Å². The summed E-state index contributed by atoms with van der Waals surface area (Å²) in [5, 5.41) is 10.5. The number of pyridine rings is 2. The maximum absolute atomic E-state index is 4.94. The minimum Gasteiger partial charge on any atom is -0.256 e. The van der Waals surface area contributed by atoms with Gasteiger partial charge >= 0.3 is 0 Å². The van der Waals surface area contributed by atoms with Crippen molar-refractivity contribution in [2.45, 2.75) is 39.3 Å². The molecule has 41 heavy (non-hydrogen) atoms. The zero-order valence-electron chi connectivity index (χ0n) is 24.5. The Morgan fingerprint density at radius 3 is 1.34 bits per heavy atom. The van der Waals surface area contributed by atoms with Gasteiger partial charge in [0.15, 0.2) is 0 Å². The summed E-state index contributed by atoms with van der Waals surface area (Å²) in [5.74, 6) is 0. The Hall–Kier alpha value is -3.65. The highest BCUT2D eigenvalue weighted by Gasteiger charge is 2.19. The second-order valence-corrected chi connectivity index (χ2v) is 24.4. The van der Waals surface area contributed by atoms with Crippen molar-refractivity contribution in [1.29, 1.82) is 0 Å². The van der Waals surface area contributed by atoms with Gasteiger partial charge in [0, 0.05) is 54.5 Å². The highest BCUT2D eigenvalue weighted by molar-refractivity contribution is 7.26. The molecular formula is C36H34N2SSi2. The molecule has 3 heterocycles. The molecule has 0 aliphatic carbocycles. The fraction of sp³-hybridized carbons (Fsp3) is 0.167. The maximum atomic E-state index is 4.94. The Balaban J connectivity index is 1.40. The fourth-order valence-corrected chi connectivity index (χ4v) is 9.42. The molecule has 0 radical (unpaired) electrons. The van der Waals surface area contributed by atoms with Crippen LogP contribution < -0.4 is 10.4 Å². The van der Waals surface area contributed by atoms with Gasteiger partial charge in [-0.25, -0.2) is 0 Å². The second-order valence-electron chi connectivity index (χ2n) is 13.2. The number of aromatic nitrogens is 2. The summed E-state index contributed by atoms with van der Waals surface area (Å²) in [6, 6.07) is 31.7. The first-order chi connectivity index (χ1) is 19.6. The standard InChI is InChI=1S/C36H34N2SSi2/c1-40(2,3)27-15-13-23-21-37-33(19-25(23)17-27)31-11-7-9-29-30-10-8-12-32(36(30)39-35(29)31)34-20-26-18-28(41(4,5)6)16-14-24(26)22-38-34/h7-22H,1-6H3. The van der Waals surface area contributed by atoms with Crippen LogP contribution in [-0.2, 0) is 0 Å². The first-order valence-electron chi connectivity index (χ1n) is 14.3. The quantitative estimate of drug-likeness (QED) is 0.193. The molecule has 7 aromatic rings. The van der Waals surface area contributed by atoms with Crippen molar-refractivity contribution in [2.75, 3.05) is 0 Å². The van der Waals surface area contributed by atoms with Crippen LogP contribution in [0, 0.1) is 0 Å². The molecule has 0 saturated carbocycles. The predicted molar refractivity (Wildman–Crippen MR) is 187 cm³/mol. The molecule has 0 amide bonds. The summed E-state index contributed by atoms with van der Waals surface area (Å²) in [6.07, 6.45) is 4.06. The maximum Gasteiger partial charge on any atom is 0.0776 e. The molecule has 0 unspecified atom stereocenters. The summed E-state index contributed by atoms with van der Waals surface area (Å²) in [4.78, 5) is 9.88. The van der Waals surface area contributed by atoms with E-state index in [4.69, 9.17) is 9.97 Å². The lowest BCUT2D eigenvalue weighted by atomic mass is 10.0. The molecule has 0 N–H and O–H groups in total. The van der Waals surface area contributed by atoms with Crippen molar-refractivity contribution in [1.82, 2.24) is 9.97 Å². The van der Waals surface area contributed by atoms with Gasteiger partial charge in [-0.1, -0.05) is 122 Å². The average molecular weight is 583 g/mol. The lowest BCUT2D eigenvalue weighted by Crippen LogP contribution is -2.37. The number of rotatable bonds is 4. The Morgan fingerprint density at radius 2 is 0.927 bits per heavy atom. The van der Waals surface area contributed by atoms with Gasteiger partial charge in [0.05, 0.1) is 27.5 Å². The Kier molecular flexibility index (Phi) is 6.05. The minimum absolute atomic E-state index is 1.03. The van der Waals surface area contributed by atoms with Crippen molar-refractivity contribution >= 4 is 79.6 Å². The van der Waals surface area contributed by atoms with Gasteiger partial charge in [-0.2, -0.15) is 0 Å². The van der Waals surface area contributed by atoms with Crippen LogP contribution in [-0.4, -0.2) is 26.1 Å². The van der Waals surface area contributed by atoms with E-state index in [2.05, 4.69) is 124 Å². The van der Waals surface area contributed by atoms with Crippen LogP contribution in [0.1, 0.15) is 0 Å². The van der Waals surface area contributed by atoms with Crippen molar-refractivity contribution in [3.63, 3.8) is 0 Å². The van der Waals surface area contributed by atoms with Crippen molar-refractivity contribution < 1.29 is 0 Å². The Morgan fingerprint density at radius 1 is 0.488 bits per heavy atom. The molecule has 0 saturated heterocycles. The molecule has 202 valence electrons. The van der Waals surface area contributed by atoms with Crippen molar-refractivity contribution in [3.8, 4) is 22.5 Å². The summed E-state index contributed by atoms with van der Waals surface area (Å²) >= 11 is 1.86. The predicted octanol–water partition coefficient (Wildman–Crippen LogP) is 9.58. The highest BCUT2D eigenvalue weighted by atomic mass is 32.1. The summed E-state index contributed by atoms with van der Waals surface area (Å²) < 4.78 is 2.56. The highest BCUT2D eigenvalue weighted by Crippen LogP contribution is 2.43. The van der Waals surface area contributed by atoms with E-state index >= 15 is 0 Å². The molecule has 0 spiro atoms. The molecule has 5 heteroatoms. The lowest BCUT2D eigenvalue weighted by Gasteiger charge is -2.17. The Bertz CT molecular complexity index is 1980. The van der Waals surface area contributed by atoms with Gasteiger partial charge in [0.2, 0.25) is 0 Å². The molecule has 7 rings (SSSR count). The molecular weight excluding hydrogens is 549 g/mol. The number of benzene rings is 4. The number of thiophene rings is 1. The van der Waals surface area contributed by atoms with Crippen LogP contribution in [0.25, 0.3) is 64.2 Å². The number of nitrogens with zero attached hydrogens (tertiary/aromatic N) is 2. The average Bonchev–Trinajstić information content (AvgIpc) is 3.34. The topological polar surface area (TPSA) is 25.8 Å². The molecule has 4 aromatic carbocycles. The molecule has 2 nitrogen and oxygen atoms in total. The zero-order valence-corrected chi connectivity index (χ0v) is 27.4. The van der Waals surface area contributed by atoms with E-state index in [0.717, 1.165) is 11.4 Å². The van der Waals surface area contributed by atoms with Crippen LogP contribution in [0.2, 0.25) is 39.3 Å². The van der Waals surface area contributed by atoms with Gasteiger partial charge in [-0.3, -0.25) is 9.97 Å². The Labute approximate surface area is 247 Å². The SMILES string of the molecule is C[Si](C)(C)c1ccc2cnc(-c3cccc4c3sc3c(-c5cc6cc([Si](C)(C)C)ccc6cn5)cccc34)cc2c1. The number of fused-ring (bicyclic) bond motifs is 5. The normalized spacial score (nSPS) is 12.6. The van der Waals surface area contributed by atoms with E-state index in [1.165, 1.54) is 63.2 Å². The molecule has 0 bridgehead atoms. The molecule has 0 aliphatic rings. The van der Waals surface area contributed by atoms with Gasteiger partial charge in [0.25, 0.3) is 0 Å². The molecule has 3 aromatic heterocycles. The van der Waals surface area contributed by atoms with E-state index in [-0.39, 0.29) is 0 Å². The van der Waals surface area contributed by atoms with Crippen molar-refractivity contribution in [3.05, 3.63) is 97.3 Å². The summed E-state index contributed by atoms with van der Waals surface area (Å²) in [5.41, 5.74) is 4.46. The lowest BCUT2D eigenvalue weighted by molar-refractivity contribution is 1.37. The fourth-order valence-electron chi connectivity index (χ4n) is 5.73. The number of hydrogen-bond acceptors (Lipinski definition) is 3. The summed E-state index contributed by atoms with van der Waals surface area (Å²) in [6.45, 7) is 14.4. The zero-order chi connectivity index (χ0) is 28.5. The van der Waals surface area contributed by atoms with Crippen molar-refractivity contribution in [2.24, 2.45) is 0 Å². The van der Waals surface area contributed by atoms with Crippen LogP contribution in [0.5, 0.6) is 0 Å². The smallest absolute Gasteiger partial charge is 0.0776 e. The molecule has 0 atom stereocenters. The van der Waals surface area contributed by atoms with E-state index in [9.17, 15) is 0 Å². The second kappa shape index (κ2) is 9.45. The van der Waals surface area contributed by atoms with Crippen LogP contribution in [0.15, 0.2) is 97.3 Å². The minimum atomic E-state index is -1.40. The first-order valence-corrected chi connectivity index (χ1v) is 22.1. The largest absolute Gasteiger partial charge is 0.256 e. The first kappa shape index (κ1) is 26.3. The molecule has 0 aliphatic heterocycles. The van der Waals surface area contributed by atoms with Crippen LogP contribution in [0.4, 0.5) is 0 Å². The third-order valence-corrected chi connectivity index (χ3v) is 13.6. The van der Waals surface area contributed by atoms with Gasteiger partial charge in [-0.15, -0.1) is 11.3 Å². The van der Waals surface area contributed by atoms with E-state index < -0.39 is 16.1 Å². The third-order valence-electron chi connectivity index (χ3n) is 8.25.